The van der Waals surface area contributed by atoms with Crippen LogP contribution >= 0.6 is 0 Å². The molecule has 29 heteroatoms. The highest BCUT2D eigenvalue weighted by atomic mass is 19.1. The van der Waals surface area contributed by atoms with E-state index in [9.17, 15) is 17.6 Å². The van der Waals surface area contributed by atoms with Crippen molar-refractivity contribution in [3.8, 4) is 90.6 Å². The van der Waals surface area contributed by atoms with E-state index in [1.807, 2.05) is 123 Å². The van der Waals surface area contributed by atoms with Crippen molar-refractivity contribution in [3.05, 3.63) is 265 Å². The van der Waals surface area contributed by atoms with Gasteiger partial charge in [0.1, 0.15) is 45.9 Å². The predicted molar refractivity (Wildman–Crippen MR) is 482 cm³/mol. The zero-order valence-corrected chi connectivity index (χ0v) is 71.5. The van der Waals surface area contributed by atoms with Crippen molar-refractivity contribution in [2.75, 3.05) is 117 Å². The summed E-state index contributed by atoms with van der Waals surface area (Å²) in [4.78, 5) is 66.9. The van der Waals surface area contributed by atoms with Gasteiger partial charge in [-0.1, -0.05) is 26.7 Å². The van der Waals surface area contributed by atoms with Crippen LogP contribution in [0.3, 0.4) is 0 Å². The Kier molecular flexibility index (Phi) is 27.4. The third-order valence-corrected chi connectivity index (χ3v) is 20.6. The van der Waals surface area contributed by atoms with E-state index in [0.717, 1.165) is 191 Å². The van der Waals surface area contributed by atoms with Gasteiger partial charge in [0, 0.05) is 130 Å². The van der Waals surface area contributed by atoms with E-state index in [1.165, 1.54) is 83.6 Å². The second-order valence-electron chi connectivity index (χ2n) is 31.9. The Hall–Kier alpha value is -13.3. The molecule has 0 unspecified atom stereocenters. The van der Waals surface area contributed by atoms with Crippen molar-refractivity contribution in [1.29, 1.82) is 0 Å². The van der Waals surface area contributed by atoms with Gasteiger partial charge in [0.2, 0.25) is 23.8 Å². The third kappa shape index (κ3) is 21.2. The average molecular weight is 1670 g/mol. The molecule has 636 valence electrons. The first-order chi connectivity index (χ1) is 60.2. The number of pyridine rings is 4. The van der Waals surface area contributed by atoms with Gasteiger partial charge >= 0.3 is 0 Å². The molecule has 25 nitrogen and oxygen atoms in total. The maximum absolute atomic E-state index is 13.6. The quantitative estimate of drug-likeness (QED) is 0.0321. The fraction of sp³-hybridized carbons (Fsp3) is 0.284. The maximum Gasteiger partial charge on any atom is 0.226 e. The van der Waals surface area contributed by atoms with E-state index in [2.05, 4.69) is 123 Å². The maximum atomic E-state index is 13.6. The Morgan fingerprint density at radius 1 is 0.355 bits per heavy atom. The largest absolute Gasteiger partial charge is 0.378 e. The van der Waals surface area contributed by atoms with Crippen molar-refractivity contribution in [1.82, 2.24) is 97.0 Å². The van der Waals surface area contributed by atoms with Crippen molar-refractivity contribution in [2.24, 2.45) is 0 Å². The summed E-state index contributed by atoms with van der Waals surface area (Å²) < 4.78 is 67.8. The zero-order chi connectivity index (χ0) is 86.3. The number of anilines is 4. The summed E-state index contributed by atoms with van der Waals surface area (Å²) in [6.45, 7) is 12.1. The molecule has 2 fully saturated rings. The van der Waals surface area contributed by atoms with Gasteiger partial charge in [-0.3, -0.25) is 17.6 Å². The monoisotopic (exact) mass is 1670 g/mol. The van der Waals surface area contributed by atoms with Gasteiger partial charge in [-0.2, -0.15) is 0 Å². The van der Waals surface area contributed by atoms with Gasteiger partial charge in [0.05, 0.1) is 81.5 Å². The highest BCUT2D eigenvalue weighted by molar-refractivity contribution is 5.85. The Bertz CT molecular complexity index is 6280. The van der Waals surface area contributed by atoms with Crippen LogP contribution in [0.5, 0.6) is 0 Å². The van der Waals surface area contributed by atoms with E-state index in [4.69, 9.17) is 44.6 Å². The van der Waals surface area contributed by atoms with Crippen LogP contribution in [0.1, 0.15) is 74.6 Å². The van der Waals surface area contributed by atoms with E-state index >= 15 is 0 Å². The number of hydrogen-bond donors (Lipinski definition) is 3. The van der Waals surface area contributed by atoms with Gasteiger partial charge in [0.15, 0.2) is 0 Å². The van der Waals surface area contributed by atoms with Crippen molar-refractivity contribution in [3.63, 3.8) is 0 Å². The van der Waals surface area contributed by atoms with E-state index in [1.54, 1.807) is 73.3 Å². The normalized spacial score (nSPS) is 12.8. The van der Waals surface area contributed by atoms with Gasteiger partial charge in [-0.25, -0.2) is 77.4 Å². The Morgan fingerprint density at radius 3 is 0.992 bits per heavy atom. The van der Waals surface area contributed by atoms with Crippen LogP contribution in [-0.2, 0) is 30.9 Å². The summed E-state index contributed by atoms with van der Waals surface area (Å²) in [7, 11) is 16.3. The molecule has 0 bridgehead atoms. The Morgan fingerprint density at radius 2 is 0.669 bits per heavy atom. The third-order valence-electron chi connectivity index (χ3n) is 20.6. The first-order valence-corrected chi connectivity index (χ1v) is 41.8. The molecule has 0 spiro atoms. The number of morpholine rings is 1. The van der Waals surface area contributed by atoms with Crippen LogP contribution in [0.4, 0.5) is 41.4 Å². The molecule has 0 radical (unpaired) electrons. The smallest absolute Gasteiger partial charge is 0.226 e. The molecule has 12 aromatic heterocycles. The summed E-state index contributed by atoms with van der Waals surface area (Å²) in [5.41, 5.74) is 21.0. The number of imidazole rings is 4. The molecule has 3 N–H and O–H groups in total. The number of fused-ring (bicyclic) bond motifs is 4. The lowest BCUT2D eigenvalue weighted by molar-refractivity contribution is 0.122. The van der Waals surface area contributed by atoms with E-state index in [0.29, 0.717) is 43.0 Å². The number of aromatic nitrogens is 16. The topological polar surface area (TPSA) is 234 Å². The SMILES string of the molecule is CCCCCNc1nccc(-c2c(-c3ccc(F)cc3)nc3cc(CN(C)C)ccn23)n1.CCCNc1nccc(-c2c(-c3ccc(F)cc3)nc3cc(CN(C)C)ccn23)n1.CN(C)Cc1ccn2c(-c3ccnc(N4CCOCC4)n3)c(-c3ccc(F)cc3)nc2c1.CN(C)Cc1ccn2c(-c3ccnc(NC4CC4)n3)c(-c3ccc(F)cc3)nc2c1. The fourth-order valence-electron chi connectivity index (χ4n) is 14.7. The summed E-state index contributed by atoms with van der Waals surface area (Å²) in [5, 5.41) is 9.91. The highest BCUT2D eigenvalue weighted by Gasteiger charge is 2.27. The van der Waals surface area contributed by atoms with Gasteiger partial charge in [0.25, 0.3) is 0 Å². The standard InChI is InChI=1S/C25H29FN6.C24H25FN6O.C23H23FN6.C23H25FN6/c1-4-5-6-13-27-25-28-14-11-21(29-25)24-23(19-7-9-20(26)10-8-19)30-22-16-18(17-31(2)3)12-15-32(22)24;1-29(2)16-17-8-10-31-21(15-17)28-22(18-3-5-19(25)6-4-18)23(31)20-7-9-26-24(27-20)30-11-13-32-14-12-30;1-29(2)14-15-10-12-30-20(13-15)28-21(16-3-5-17(24)6-4-16)22(30)19-9-11-25-23(27-19)26-18-7-8-18;1-4-11-25-23-26-12-9-19(27-23)22-21(17-5-7-18(24)8-6-17)28-20-14-16(15-29(2)3)10-13-30(20)22/h7-12,14-16H,4-6,13,17H2,1-3H3,(H,27,28,29);3-10,15H,11-14,16H2,1-2H3;3-6,9-13,18H,7-8,14H2,1-2H3,(H,25,26,27);5-10,12-14H,4,11,15H2,1-3H3,(H,25,26,27). The molecule has 2 aliphatic rings. The van der Waals surface area contributed by atoms with Crippen molar-refractivity contribution < 1.29 is 22.3 Å². The van der Waals surface area contributed by atoms with E-state index < -0.39 is 0 Å². The lowest BCUT2D eigenvalue weighted by atomic mass is 10.1. The second kappa shape index (κ2) is 39.7. The molecule has 0 atom stereocenters. The van der Waals surface area contributed by atoms with Gasteiger partial charge < -0.3 is 45.2 Å². The van der Waals surface area contributed by atoms with Crippen LogP contribution in [-0.4, -0.2) is 199 Å². The summed E-state index contributed by atoms with van der Waals surface area (Å²) in [6, 6.07) is 50.4. The zero-order valence-electron chi connectivity index (χ0n) is 71.5. The molecule has 18 rings (SSSR count). The van der Waals surface area contributed by atoms with Crippen LogP contribution in [0.2, 0.25) is 0 Å². The van der Waals surface area contributed by atoms with Gasteiger partial charge in [-0.15, -0.1) is 0 Å². The number of nitrogens with one attached hydrogen (secondary N) is 3. The molecule has 16 aromatic rings. The van der Waals surface area contributed by atoms with Crippen molar-refractivity contribution in [2.45, 2.75) is 84.6 Å². The molecule has 1 saturated carbocycles. The number of nitrogens with zero attached hydrogens (tertiary/aromatic N) is 21. The summed E-state index contributed by atoms with van der Waals surface area (Å²) in [5.74, 6) is 1.40. The first-order valence-electron chi connectivity index (χ1n) is 41.8. The highest BCUT2D eigenvalue weighted by Crippen LogP contribution is 2.39. The van der Waals surface area contributed by atoms with Gasteiger partial charge in [-0.05, 0) is 274 Å². The predicted octanol–water partition coefficient (Wildman–Crippen LogP) is 17.5. The van der Waals surface area contributed by atoms with Crippen LogP contribution in [0.15, 0.2) is 219 Å². The fourth-order valence-corrected chi connectivity index (χ4v) is 14.7. The number of rotatable bonds is 27. The van der Waals surface area contributed by atoms with Crippen LogP contribution in [0.25, 0.3) is 113 Å². The summed E-state index contributed by atoms with van der Waals surface area (Å²) >= 11 is 0. The van der Waals surface area contributed by atoms with Crippen molar-refractivity contribution >= 4 is 46.4 Å². The summed E-state index contributed by atoms with van der Waals surface area (Å²) in [6.07, 6.45) is 21.9. The minimum absolute atomic E-state index is 0.268. The molecular formula is C95H102F4N24O. The van der Waals surface area contributed by atoms with Crippen LogP contribution < -0.4 is 20.9 Å². The molecule has 1 aliphatic carbocycles. The minimum atomic E-state index is -0.274. The molecule has 124 heavy (non-hydrogen) atoms. The number of ether oxygens (including phenoxy) is 1. The Balaban J connectivity index is 0.000000128. The lowest BCUT2D eigenvalue weighted by Gasteiger charge is -2.26. The van der Waals surface area contributed by atoms with Crippen LogP contribution in [0, 0.1) is 23.3 Å². The number of benzene rings is 4. The number of unbranched alkanes of at least 4 members (excludes halogenated alkanes) is 2. The average Bonchev–Trinajstić information content (AvgIpc) is 1.63. The molecule has 1 aliphatic heterocycles. The number of halogens is 4. The first kappa shape index (κ1) is 85.7. The van der Waals surface area contributed by atoms with E-state index in [-0.39, 0.29) is 23.3 Å². The molecule has 0 amide bonds. The molecule has 4 aromatic carbocycles. The lowest BCUT2D eigenvalue weighted by Crippen LogP contribution is -2.37. The second-order valence-corrected chi connectivity index (χ2v) is 31.9. The molecule has 1 saturated heterocycles. The minimum Gasteiger partial charge on any atom is -0.378 e. The number of hydrogen-bond acceptors (Lipinski definition) is 21. The molecule has 13 heterocycles. The Labute approximate surface area is 718 Å². The molecular weight excluding hydrogens is 1570 g/mol.